The van der Waals surface area contributed by atoms with Gasteiger partial charge in [0.25, 0.3) is 11.8 Å². The summed E-state index contributed by atoms with van der Waals surface area (Å²) in [5.41, 5.74) is 3.65. The van der Waals surface area contributed by atoms with E-state index in [0.717, 1.165) is 9.32 Å². The van der Waals surface area contributed by atoms with E-state index in [1.807, 2.05) is 24.3 Å². The average Bonchev–Trinajstić information content (AvgIpc) is 2.74. The Labute approximate surface area is 196 Å². The van der Waals surface area contributed by atoms with Crippen molar-refractivity contribution in [3.8, 4) is 5.75 Å². The van der Waals surface area contributed by atoms with E-state index in [2.05, 4.69) is 54.0 Å². The van der Waals surface area contributed by atoms with Gasteiger partial charge in [-0.15, -0.1) is 0 Å². The predicted octanol–water partition coefficient (Wildman–Crippen LogP) is 6.10. The molecule has 0 heterocycles. The molecule has 160 valence electrons. The van der Waals surface area contributed by atoms with Crippen LogP contribution in [-0.2, 0) is 5.41 Å². The molecule has 0 aliphatic rings. The molecule has 31 heavy (non-hydrogen) atoms. The van der Waals surface area contributed by atoms with Gasteiger partial charge in [-0.25, -0.2) is 0 Å². The van der Waals surface area contributed by atoms with E-state index in [1.165, 1.54) is 5.56 Å². The third kappa shape index (κ3) is 5.85. The topological polar surface area (TPSA) is 67.4 Å². The molecule has 0 bridgehead atoms. The Kier molecular flexibility index (Phi) is 7.00. The van der Waals surface area contributed by atoms with Gasteiger partial charge in [0.15, 0.2) is 0 Å². The highest BCUT2D eigenvalue weighted by Crippen LogP contribution is 2.24. The lowest BCUT2D eigenvalue weighted by Crippen LogP contribution is -2.14. The van der Waals surface area contributed by atoms with Gasteiger partial charge in [0.05, 0.1) is 10.7 Å². The molecular formula is C25H25IN2O3. The average molecular weight is 528 g/mol. The summed E-state index contributed by atoms with van der Waals surface area (Å²) in [5, 5.41) is 5.74. The van der Waals surface area contributed by atoms with Crippen molar-refractivity contribution in [2.75, 3.05) is 17.7 Å². The summed E-state index contributed by atoms with van der Waals surface area (Å²) in [6.07, 6.45) is 0. The molecule has 0 spiro atoms. The van der Waals surface area contributed by atoms with Crippen molar-refractivity contribution in [2.24, 2.45) is 0 Å². The van der Waals surface area contributed by atoms with Crippen molar-refractivity contribution < 1.29 is 14.3 Å². The van der Waals surface area contributed by atoms with Crippen molar-refractivity contribution in [1.82, 2.24) is 0 Å². The SMILES string of the molecule is COc1ccc(C(=O)Nc2ccc(NC(=O)c3ccc(C(C)(C)C)cc3)cc2)cc1I. The van der Waals surface area contributed by atoms with Gasteiger partial charge >= 0.3 is 0 Å². The normalized spacial score (nSPS) is 11.0. The van der Waals surface area contributed by atoms with Crippen LogP contribution in [0, 0.1) is 3.57 Å². The Morgan fingerprint density at radius 2 is 1.26 bits per heavy atom. The number of benzene rings is 3. The zero-order valence-corrected chi connectivity index (χ0v) is 20.1. The van der Waals surface area contributed by atoms with Crippen LogP contribution in [-0.4, -0.2) is 18.9 Å². The first-order valence-corrected chi connectivity index (χ1v) is 10.9. The van der Waals surface area contributed by atoms with Crippen LogP contribution in [0.3, 0.4) is 0 Å². The summed E-state index contributed by atoms with van der Waals surface area (Å²) in [4.78, 5) is 25.0. The van der Waals surface area contributed by atoms with Gasteiger partial charge in [0, 0.05) is 22.5 Å². The van der Waals surface area contributed by atoms with Gasteiger partial charge in [-0.2, -0.15) is 0 Å². The van der Waals surface area contributed by atoms with E-state index in [-0.39, 0.29) is 17.2 Å². The molecular weight excluding hydrogens is 503 g/mol. The van der Waals surface area contributed by atoms with Crippen molar-refractivity contribution in [2.45, 2.75) is 26.2 Å². The lowest BCUT2D eigenvalue weighted by atomic mass is 9.87. The zero-order valence-electron chi connectivity index (χ0n) is 18.0. The van der Waals surface area contributed by atoms with Crippen molar-refractivity contribution >= 4 is 45.8 Å². The van der Waals surface area contributed by atoms with Gasteiger partial charge in [-0.1, -0.05) is 32.9 Å². The molecule has 5 nitrogen and oxygen atoms in total. The fraction of sp³-hybridized carbons (Fsp3) is 0.200. The Hall–Kier alpha value is -2.87. The minimum absolute atomic E-state index is 0.0410. The van der Waals surface area contributed by atoms with E-state index in [4.69, 9.17) is 4.74 Å². The number of rotatable bonds is 5. The second kappa shape index (κ2) is 9.51. The van der Waals surface area contributed by atoms with Crippen LogP contribution in [0.2, 0.25) is 0 Å². The number of carbonyl (C=O) groups is 2. The van der Waals surface area contributed by atoms with E-state index in [1.54, 1.807) is 49.6 Å². The standard InChI is InChI=1S/C25H25IN2O3/c1-25(2,3)18-8-5-16(6-9-18)23(29)27-19-10-12-20(13-11-19)28-24(30)17-7-14-22(31-4)21(26)15-17/h5-15H,1-4H3,(H,27,29)(H,28,30). The summed E-state index contributed by atoms with van der Waals surface area (Å²) < 4.78 is 6.08. The first-order chi connectivity index (χ1) is 14.7. The van der Waals surface area contributed by atoms with Gasteiger partial charge in [0.1, 0.15) is 5.75 Å². The number of halogens is 1. The van der Waals surface area contributed by atoms with Crippen molar-refractivity contribution in [3.63, 3.8) is 0 Å². The van der Waals surface area contributed by atoms with Crippen LogP contribution >= 0.6 is 22.6 Å². The molecule has 3 rings (SSSR count). The highest BCUT2D eigenvalue weighted by Gasteiger charge is 2.14. The maximum absolute atomic E-state index is 12.5. The molecule has 3 aromatic rings. The zero-order chi connectivity index (χ0) is 22.6. The number of ether oxygens (including phenoxy) is 1. The second-order valence-corrected chi connectivity index (χ2v) is 9.32. The van der Waals surface area contributed by atoms with Crippen LogP contribution in [0.5, 0.6) is 5.75 Å². The Morgan fingerprint density at radius 3 is 1.71 bits per heavy atom. The third-order valence-electron chi connectivity index (χ3n) is 4.83. The monoisotopic (exact) mass is 528 g/mol. The highest BCUT2D eigenvalue weighted by molar-refractivity contribution is 14.1. The number of anilines is 2. The van der Waals surface area contributed by atoms with E-state index in [9.17, 15) is 9.59 Å². The number of methoxy groups -OCH3 is 1. The van der Waals surface area contributed by atoms with Crippen LogP contribution in [0.25, 0.3) is 0 Å². The molecule has 0 aromatic heterocycles. The molecule has 6 heteroatoms. The third-order valence-corrected chi connectivity index (χ3v) is 5.67. The predicted molar refractivity (Wildman–Crippen MR) is 133 cm³/mol. The highest BCUT2D eigenvalue weighted by atomic mass is 127. The summed E-state index contributed by atoms with van der Waals surface area (Å²) in [6.45, 7) is 6.41. The second-order valence-electron chi connectivity index (χ2n) is 8.16. The Bertz CT molecular complexity index is 1090. The molecule has 0 aliphatic heterocycles. The maximum atomic E-state index is 12.5. The quantitative estimate of drug-likeness (QED) is 0.394. The van der Waals surface area contributed by atoms with Crippen LogP contribution in [0.4, 0.5) is 11.4 Å². The number of amides is 2. The fourth-order valence-corrected chi connectivity index (χ4v) is 3.71. The number of carbonyl (C=O) groups excluding carboxylic acids is 2. The lowest BCUT2D eigenvalue weighted by molar-refractivity contribution is 0.101. The summed E-state index contributed by atoms with van der Waals surface area (Å²) in [5.74, 6) is 0.339. The minimum Gasteiger partial charge on any atom is -0.496 e. The van der Waals surface area contributed by atoms with Gasteiger partial charge in [-0.05, 0) is 88.2 Å². The number of hydrogen-bond acceptors (Lipinski definition) is 3. The molecule has 0 aliphatic carbocycles. The smallest absolute Gasteiger partial charge is 0.255 e. The number of nitrogens with one attached hydrogen (secondary N) is 2. The Balaban J connectivity index is 1.62. The molecule has 0 radical (unpaired) electrons. The van der Waals surface area contributed by atoms with E-state index < -0.39 is 0 Å². The first kappa shape index (κ1) is 22.8. The summed E-state index contributed by atoms with van der Waals surface area (Å²) in [6, 6.07) is 19.9. The van der Waals surface area contributed by atoms with Crippen LogP contribution in [0.1, 0.15) is 47.1 Å². The van der Waals surface area contributed by atoms with Crippen LogP contribution < -0.4 is 15.4 Å². The molecule has 0 saturated carbocycles. The number of hydrogen-bond donors (Lipinski definition) is 2. The largest absolute Gasteiger partial charge is 0.496 e. The van der Waals surface area contributed by atoms with Crippen LogP contribution in [0.15, 0.2) is 66.7 Å². The lowest BCUT2D eigenvalue weighted by Gasteiger charge is -2.19. The molecule has 0 unspecified atom stereocenters. The summed E-state index contributed by atoms with van der Waals surface area (Å²) in [7, 11) is 1.60. The molecule has 0 saturated heterocycles. The van der Waals surface area contributed by atoms with E-state index in [0.29, 0.717) is 22.5 Å². The Morgan fingerprint density at radius 1 is 0.774 bits per heavy atom. The molecule has 0 atom stereocenters. The van der Waals surface area contributed by atoms with Gasteiger partial charge < -0.3 is 15.4 Å². The molecule has 2 amide bonds. The first-order valence-electron chi connectivity index (χ1n) is 9.84. The molecule has 0 fully saturated rings. The fourth-order valence-electron chi connectivity index (χ4n) is 2.97. The van der Waals surface area contributed by atoms with Crippen molar-refractivity contribution in [3.05, 3.63) is 87.0 Å². The van der Waals surface area contributed by atoms with Gasteiger partial charge in [-0.3, -0.25) is 9.59 Å². The molecule has 2 N–H and O–H groups in total. The molecule has 3 aromatic carbocycles. The summed E-state index contributed by atoms with van der Waals surface area (Å²) >= 11 is 2.13. The minimum atomic E-state index is -0.212. The maximum Gasteiger partial charge on any atom is 0.255 e. The van der Waals surface area contributed by atoms with E-state index >= 15 is 0 Å². The van der Waals surface area contributed by atoms with Crippen molar-refractivity contribution in [1.29, 1.82) is 0 Å². The van der Waals surface area contributed by atoms with Gasteiger partial charge in [0.2, 0.25) is 0 Å².